The SMILES string of the molecule is CC1C(=O)OC(=O)C1C.CC1C2CC(C(=O)O)C(C2)C1C.CC1C2CC(C(=O)OC3CCCCO3)C(C2)C1C.CCC(C)(C)C(=O)OC1C2CC3C1OC(=O)C3C2C(=O)OC. The van der Waals surface area contributed by atoms with Gasteiger partial charge in [-0.3, -0.25) is 33.6 Å². The molecule has 3 saturated heterocycles. The van der Waals surface area contributed by atoms with Crippen LogP contribution in [0, 0.1) is 100 Å². The third kappa shape index (κ3) is 9.12. The van der Waals surface area contributed by atoms with Crippen LogP contribution in [0.4, 0.5) is 0 Å². The van der Waals surface area contributed by atoms with Gasteiger partial charge in [0.2, 0.25) is 6.29 Å². The molecule has 0 radical (unpaired) electrons. The van der Waals surface area contributed by atoms with Crippen LogP contribution in [0.5, 0.6) is 0 Å². The molecule has 6 aliphatic carbocycles. The molecule has 6 saturated carbocycles. The van der Waals surface area contributed by atoms with E-state index in [9.17, 15) is 33.6 Å². The van der Waals surface area contributed by atoms with Gasteiger partial charge in [-0.25, -0.2) is 0 Å². The minimum absolute atomic E-state index is 0.00755. The van der Waals surface area contributed by atoms with Crippen LogP contribution in [0.15, 0.2) is 0 Å². The van der Waals surface area contributed by atoms with Crippen LogP contribution in [0.3, 0.4) is 0 Å². The van der Waals surface area contributed by atoms with Crippen molar-refractivity contribution >= 4 is 41.8 Å². The van der Waals surface area contributed by atoms with Crippen molar-refractivity contribution in [1.82, 2.24) is 0 Å². The number of ether oxygens (including phenoxy) is 6. The highest BCUT2D eigenvalue weighted by Gasteiger charge is 2.70. The fraction of sp³-hybridized carbons (Fsp3) is 0.851. The van der Waals surface area contributed by atoms with E-state index in [1.807, 2.05) is 20.8 Å². The number of hydrogen-bond donors (Lipinski definition) is 1. The van der Waals surface area contributed by atoms with Gasteiger partial charge in [-0.1, -0.05) is 48.5 Å². The molecular weight excluding hydrogens is 789 g/mol. The number of esters is 6. The third-order valence-electron chi connectivity index (χ3n) is 17.2. The molecule has 3 aliphatic heterocycles. The summed E-state index contributed by atoms with van der Waals surface area (Å²) in [5.74, 6) is 1.29. The summed E-state index contributed by atoms with van der Waals surface area (Å²) in [6.45, 7) is 18.8. The van der Waals surface area contributed by atoms with E-state index < -0.39 is 53.3 Å². The zero-order valence-corrected chi connectivity index (χ0v) is 37.8. The number of rotatable bonds is 7. The van der Waals surface area contributed by atoms with Crippen LogP contribution in [-0.4, -0.2) is 79.1 Å². The molecule has 19 atom stereocenters. The fourth-order valence-corrected chi connectivity index (χ4v) is 12.2. The molecule has 9 rings (SSSR count). The van der Waals surface area contributed by atoms with E-state index in [2.05, 4.69) is 32.4 Å². The quantitative estimate of drug-likeness (QED) is 0.163. The Balaban J connectivity index is 0.000000143. The number of carbonyl (C=O) groups is 7. The number of cyclic esters (lactones) is 2. The maximum atomic E-state index is 12.4. The average Bonchev–Trinajstić information content (AvgIpc) is 4.12. The number of fused-ring (bicyclic) bond motifs is 5. The van der Waals surface area contributed by atoms with Crippen LogP contribution in [0.25, 0.3) is 0 Å². The summed E-state index contributed by atoms with van der Waals surface area (Å²) >= 11 is 0. The third-order valence-corrected chi connectivity index (χ3v) is 17.2. The van der Waals surface area contributed by atoms with Crippen molar-refractivity contribution in [2.75, 3.05) is 13.7 Å². The number of aliphatic carboxylic acids is 1. The first kappa shape index (κ1) is 46.9. The molecule has 9 fully saturated rings. The van der Waals surface area contributed by atoms with E-state index in [0.29, 0.717) is 42.4 Å². The van der Waals surface area contributed by atoms with E-state index in [0.717, 1.165) is 56.5 Å². The Bertz CT molecular complexity index is 1660. The topological polar surface area (TPSA) is 195 Å². The Morgan fingerprint density at radius 1 is 0.705 bits per heavy atom. The van der Waals surface area contributed by atoms with Crippen LogP contribution in [0.2, 0.25) is 0 Å². The Morgan fingerprint density at radius 3 is 1.74 bits per heavy atom. The van der Waals surface area contributed by atoms with Crippen molar-refractivity contribution in [2.45, 2.75) is 139 Å². The molecule has 0 amide bonds. The highest BCUT2D eigenvalue weighted by molar-refractivity contribution is 5.95. The summed E-state index contributed by atoms with van der Waals surface area (Å²) in [4.78, 5) is 80.6. The summed E-state index contributed by atoms with van der Waals surface area (Å²) < 4.78 is 31.3. The molecule has 0 spiro atoms. The fourth-order valence-electron chi connectivity index (χ4n) is 12.2. The van der Waals surface area contributed by atoms with Crippen molar-refractivity contribution in [3.05, 3.63) is 0 Å². The maximum absolute atomic E-state index is 12.4. The van der Waals surface area contributed by atoms with Gasteiger partial charge in [0.05, 0.1) is 54.6 Å². The zero-order chi connectivity index (χ0) is 44.8. The van der Waals surface area contributed by atoms with Crippen molar-refractivity contribution in [2.24, 2.45) is 100 Å². The first-order valence-corrected chi connectivity index (χ1v) is 23.0. The number of carboxylic acids is 1. The van der Waals surface area contributed by atoms with Crippen LogP contribution < -0.4 is 0 Å². The first-order valence-electron chi connectivity index (χ1n) is 23.0. The molecule has 14 nitrogen and oxygen atoms in total. The molecule has 6 bridgehead atoms. The summed E-state index contributed by atoms with van der Waals surface area (Å²) in [6, 6.07) is 0. The molecule has 3 heterocycles. The van der Waals surface area contributed by atoms with Gasteiger partial charge < -0.3 is 33.5 Å². The van der Waals surface area contributed by atoms with Crippen molar-refractivity contribution in [3.63, 3.8) is 0 Å². The standard InChI is InChI=1S/C16H22O6.C15H24O3.C10H16O2.C6H8O3/c1-5-16(2,3)15(19)22-12-7-6-8-10(9(7)13(17)20-4)14(18)21-11(8)12;1-9-10(2)12-7-11(9)8-13(12)15(16)18-14-5-3-4-6-17-14;1-5-6(2)8-3-7(5)4-9(8)10(11)12;1-3-4(2)6(8)9-5(3)7/h7-12H,5-6H2,1-4H3;9-14H,3-8H2,1-2H3;5-9H,3-4H2,1-2H3,(H,11,12);3-4H,1-2H3. The summed E-state index contributed by atoms with van der Waals surface area (Å²) in [5, 5.41) is 8.94. The number of carbonyl (C=O) groups excluding carboxylic acids is 6. The predicted octanol–water partition coefficient (Wildman–Crippen LogP) is 6.64. The van der Waals surface area contributed by atoms with Crippen molar-refractivity contribution in [3.8, 4) is 0 Å². The van der Waals surface area contributed by atoms with Gasteiger partial charge in [-0.05, 0) is 113 Å². The molecule has 0 aromatic carbocycles. The second kappa shape index (κ2) is 18.7. The largest absolute Gasteiger partial charge is 0.481 e. The number of hydrogen-bond acceptors (Lipinski definition) is 13. The Kier molecular flexibility index (Phi) is 14.4. The van der Waals surface area contributed by atoms with Gasteiger partial charge in [0, 0.05) is 18.3 Å². The Labute approximate surface area is 360 Å². The van der Waals surface area contributed by atoms with Gasteiger partial charge in [0.1, 0.15) is 12.2 Å². The molecule has 0 aromatic rings. The second-order valence-electron chi connectivity index (χ2n) is 20.5. The highest BCUT2D eigenvalue weighted by atomic mass is 16.7. The molecule has 342 valence electrons. The molecule has 61 heavy (non-hydrogen) atoms. The van der Waals surface area contributed by atoms with E-state index in [-0.39, 0.29) is 59.7 Å². The second-order valence-corrected chi connectivity index (χ2v) is 20.5. The van der Waals surface area contributed by atoms with Crippen molar-refractivity contribution < 1.29 is 67.1 Å². The minimum atomic E-state index is -0.593. The van der Waals surface area contributed by atoms with E-state index >= 15 is 0 Å². The lowest BCUT2D eigenvalue weighted by Gasteiger charge is -2.32. The molecule has 14 heteroatoms. The summed E-state index contributed by atoms with van der Waals surface area (Å²) in [6.07, 6.45) is 7.58. The smallest absolute Gasteiger partial charge is 0.317 e. The van der Waals surface area contributed by atoms with Gasteiger partial charge in [-0.15, -0.1) is 0 Å². The monoisotopic (exact) mass is 858 g/mol. The Hall–Kier alpha value is -3.55. The van der Waals surface area contributed by atoms with Crippen LogP contribution >= 0.6 is 0 Å². The summed E-state index contributed by atoms with van der Waals surface area (Å²) in [5.41, 5.74) is -0.593. The lowest BCUT2D eigenvalue weighted by Crippen LogP contribution is -2.45. The zero-order valence-electron chi connectivity index (χ0n) is 37.8. The van der Waals surface area contributed by atoms with E-state index in [1.165, 1.54) is 20.0 Å². The first-order chi connectivity index (χ1) is 28.7. The molecule has 19 unspecified atom stereocenters. The molecule has 0 aromatic heterocycles. The lowest BCUT2D eigenvalue weighted by molar-refractivity contribution is -0.193. The van der Waals surface area contributed by atoms with Gasteiger partial charge >= 0.3 is 41.8 Å². The van der Waals surface area contributed by atoms with Gasteiger partial charge in [-0.2, -0.15) is 0 Å². The number of methoxy groups -OCH3 is 1. The Morgan fingerprint density at radius 2 is 1.28 bits per heavy atom. The van der Waals surface area contributed by atoms with Crippen LogP contribution in [-0.2, 0) is 62.0 Å². The van der Waals surface area contributed by atoms with Crippen LogP contribution in [0.1, 0.15) is 120 Å². The molecule has 1 N–H and O–H groups in total. The van der Waals surface area contributed by atoms with Gasteiger partial charge in [0.15, 0.2) is 0 Å². The summed E-state index contributed by atoms with van der Waals surface area (Å²) in [7, 11) is 1.31. The minimum Gasteiger partial charge on any atom is -0.481 e. The van der Waals surface area contributed by atoms with E-state index in [4.69, 9.17) is 28.8 Å². The number of carboxylic acid groups (broad SMARTS) is 1. The molecule has 9 aliphatic rings. The maximum Gasteiger partial charge on any atom is 0.317 e. The average molecular weight is 859 g/mol. The van der Waals surface area contributed by atoms with Gasteiger partial charge in [0.25, 0.3) is 0 Å². The van der Waals surface area contributed by atoms with Crippen molar-refractivity contribution in [1.29, 1.82) is 0 Å². The predicted molar refractivity (Wildman–Crippen MR) is 217 cm³/mol. The highest BCUT2D eigenvalue weighted by Crippen LogP contribution is 2.59. The molecular formula is C47H70O14. The van der Waals surface area contributed by atoms with E-state index in [1.54, 1.807) is 13.8 Å². The normalized spacial score (nSPS) is 43.2. The lowest BCUT2D eigenvalue weighted by atomic mass is 9.76.